The summed E-state index contributed by atoms with van der Waals surface area (Å²) >= 11 is 0. The molecule has 1 aliphatic rings. The lowest BCUT2D eigenvalue weighted by atomic mass is 10.1. The molecule has 1 heterocycles. The van der Waals surface area contributed by atoms with E-state index >= 15 is 0 Å². The summed E-state index contributed by atoms with van der Waals surface area (Å²) in [6.07, 6.45) is 4.65. The molecule has 22 heavy (non-hydrogen) atoms. The number of aliphatic carboxylic acids is 1. The highest BCUT2D eigenvalue weighted by Crippen LogP contribution is 2.11. The molecule has 1 fully saturated rings. The topological polar surface area (TPSA) is 66.8 Å². The lowest BCUT2D eigenvalue weighted by Crippen LogP contribution is -2.46. The standard InChI is InChI=1S/C17H21NO4/c19-16(9-5-4-8-14-6-2-1-3-7-14)18-10-11-22-15(13-18)12-17(20)21/h1-4,6-8,15H,5,9-13H2,(H,20,21). The number of carboxylic acids is 1. The van der Waals surface area contributed by atoms with Crippen LogP contribution in [0.5, 0.6) is 0 Å². The van der Waals surface area contributed by atoms with Crippen molar-refractivity contribution in [3.63, 3.8) is 0 Å². The Morgan fingerprint density at radius 3 is 2.82 bits per heavy atom. The highest BCUT2D eigenvalue weighted by Gasteiger charge is 2.25. The van der Waals surface area contributed by atoms with Crippen LogP contribution in [-0.2, 0) is 14.3 Å². The molecule has 0 aliphatic carbocycles. The van der Waals surface area contributed by atoms with Crippen molar-refractivity contribution in [2.75, 3.05) is 19.7 Å². The molecule has 0 aromatic heterocycles. The van der Waals surface area contributed by atoms with E-state index < -0.39 is 12.1 Å². The Morgan fingerprint density at radius 1 is 1.32 bits per heavy atom. The fraction of sp³-hybridized carbons (Fsp3) is 0.412. The number of ether oxygens (including phenoxy) is 1. The summed E-state index contributed by atoms with van der Waals surface area (Å²) in [4.78, 5) is 24.5. The van der Waals surface area contributed by atoms with Crippen molar-refractivity contribution >= 4 is 18.0 Å². The molecular formula is C17H21NO4. The van der Waals surface area contributed by atoms with Crippen LogP contribution in [-0.4, -0.2) is 47.7 Å². The fourth-order valence-electron chi connectivity index (χ4n) is 2.41. The van der Waals surface area contributed by atoms with Gasteiger partial charge in [0.1, 0.15) is 0 Å². The van der Waals surface area contributed by atoms with Crippen LogP contribution in [0.15, 0.2) is 36.4 Å². The van der Waals surface area contributed by atoms with E-state index in [2.05, 4.69) is 0 Å². The highest BCUT2D eigenvalue weighted by molar-refractivity contribution is 5.76. The molecule has 1 aromatic carbocycles. The monoisotopic (exact) mass is 303 g/mol. The molecule has 0 saturated carbocycles. The number of amides is 1. The second-order valence-electron chi connectivity index (χ2n) is 5.28. The molecular weight excluding hydrogens is 282 g/mol. The van der Waals surface area contributed by atoms with Crippen molar-refractivity contribution in [1.82, 2.24) is 4.90 Å². The molecule has 1 aromatic rings. The van der Waals surface area contributed by atoms with Gasteiger partial charge in [0.15, 0.2) is 0 Å². The van der Waals surface area contributed by atoms with Gasteiger partial charge in [0, 0.05) is 19.5 Å². The molecule has 1 atom stereocenters. The van der Waals surface area contributed by atoms with Crippen LogP contribution in [0.4, 0.5) is 0 Å². The third-order valence-corrected chi connectivity index (χ3v) is 3.53. The minimum atomic E-state index is -0.898. The number of hydrogen-bond donors (Lipinski definition) is 1. The Hall–Kier alpha value is -2.14. The Bertz CT molecular complexity index is 527. The summed E-state index contributed by atoms with van der Waals surface area (Å²) in [5.74, 6) is -0.846. The second kappa shape index (κ2) is 8.34. The summed E-state index contributed by atoms with van der Waals surface area (Å²) in [5, 5.41) is 8.78. The molecule has 0 radical (unpaired) electrons. The predicted molar refractivity (Wildman–Crippen MR) is 83.3 cm³/mol. The van der Waals surface area contributed by atoms with Crippen molar-refractivity contribution in [3.05, 3.63) is 42.0 Å². The summed E-state index contributed by atoms with van der Waals surface area (Å²) in [5.41, 5.74) is 1.11. The maximum Gasteiger partial charge on any atom is 0.306 e. The van der Waals surface area contributed by atoms with Crippen LogP contribution < -0.4 is 0 Å². The number of nitrogens with zero attached hydrogens (tertiary/aromatic N) is 1. The normalized spacial score (nSPS) is 18.5. The molecule has 1 unspecified atom stereocenters. The second-order valence-corrected chi connectivity index (χ2v) is 5.28. The zero-order valence-corrected chi connectivity index (χ0v) is 12.5. The van der Waals surface area contributed by atoms with Crippen LogP contribution >= 0.6 is 0 Å². The van der Waals surface area contributed by atoms with Gasteiger partial charge >= 0.3 is 5.97 Å². The Labute approximate surface area is 130 Å². The van der Waals surface area contributed by atoms with Crippen molar-refractivity contribution in [3.8, 4) is 0 Å². The van der Waals surface area contributed by atoms with Crippen LogP contribution in [0.2, 0.25) is 0 Å². The van der Waals surface area contributed by atoms with Gasteiger partial charge in [-0.15, -0.1) is 0 Å². The number of carbonyl (C=O) groups excluding carboxylic acids is 1. The number of carboxylic acid groups (broad SMARTS) is 1. The van der Waals surface area contributed by atoms with Gasteiger partial charge in [0.2, 0.25) is 5.91 Å². The zero-order valence-electron chi connectivity index (χ0n) is 12.5. The average molecular weight is 303 g/mol. The highest BCUT2D eigenvalue weighted by atomic mass is 16.5. The molecule has 5 nitrogen and oxygen atoms in total. The summed E-state index contributed by atoms with van der Waals surface area (Å²) in [6, 6.07) is 9.93. The van der Waals surface area contributed by atoms with Gasteiger partial charge in [-0.1, -0.05) is 42.5 Å². The first-order chi connectivity index (χ1) is 10.6. The van der Waals surface area contributed by atoms with Crippen LogP contribution in [0.25, 0.3) is 6.08 Å². The van der Waals surface area contributed by atoms with E-state index in [1.165, 1.54) is 0 Å². The maximum atomic E-state index is 12.1. The third-order valence-electron chi connectivity index (χ3n) is 3.53. The minimum absolute atomic E-state index is 0.0522. The predicted octanol–water partition coefficient (Wildman–Crippen LogP) is 2.18. The van der Waals surface area contributed by atoms with E-state index in [1.54, 1.807) is 4.90 Å². The smallest absolute Gasteiger partial charge is 0.306 e. The summed E-state index contributed by atoms with van der Waals surface area (Å²) < 4.78 is 5.36. The first-order valence-electron chi connectivity index (χ1n) is 7.48. The van der Waals surface area contributed by atoms with Gasteiger partial charge in [0.05, 0.1) is 19.1 Å². The van der Waals surface area contributed by atoms with Crippen molar-refractivity contribution < 1.29 is 19.4 Å². The number of rotatable bonds is 6. The Balaban J connectivity index is 1.74. The minimum Gasteiger partial charge on any atom is -0.481 e. The molecule has 118 valence electrons. The van der Waals surface area contributed by atoms with Gasteiger partial charge in [0.25, 0.3) is 0 Å². The first kappa shape index (κ1) is 16.2. The molecule has 1 amide bonds. The quantitative estimate of drug-likeness (QED) is 0.874. The first-order valence-corrected chi connectivity index (χ1v) is 7.48. The zero-order chi connectivity index (χ0) is 15.8. The van der Waals surface area contributed by atoms with E-state index in [-0.39, 0.29) is 12.3 Å². The summed E-state index contributed by atoms with van der Waals surface area (Å²) in [6.45, 7) is 1.31. The Morgan fingerprint density at radius 2 is 2.09 bits per heavy atom. The third kappa shape index (κ3) is 5.33. The average Bonchev–Trinajstić information content (AvgIpc) is 2.52. The molecule has 5 heteroatoms. The largest absolute Gasteiger partial charge is 0.481 e. The van der Waals surface area contributed by atoms with E-state index in [0.29, 0.717) is 32.5 Å². The number of hydrogen-bond acceptors (Lipinski definition) is 3. The number of carbonyl (C=O) groups is 2. The van der Waals surface area contributed by atoms with Gasteiger partial charge in [-0.05, 0) is 12.0 Å². The van der Waals surface area contributed by atoms with Gasteiger partial charge in [-0.3, -0.25) is 9.59 Å². The molecule has 1 saturated heterocycles. The maximum absolute atomic E-state index is 12.1. The molecule has 2 rings (SSSR count). The molecule has 0 bridgehead atoms. The van der Waals surface area contributed by atoms with Gasteiger partial charge in [-0.2, -0.15) is 0 Å². The Kier molecular flexibility index (Phi) is 6.15. The van der Waals surface area contributed by atoms with Gasteiger partial charge in [-0.25, -0.2) is 0 Å². The van der Waals surface area contributed by atoms with Crippen molar-refractivity contribution in [2.45, 2.75) is 25.4 Å². The van der Waals surface area contributed by atoms with E-state index in [9.17, 15) is 9.59 Å². The lowest BCUT2D eigenvalue weighted by Gasteiger charge is -2.32. The van der Waals surface area contributed by atoms with Crippen LogP contribution in [0.1, 0.15) is 24.8 Å². The van der Waals surface area contributed by atoms with Crippen molar-refractivity contribution in [1.29, 1.82) is 0 Å². The number of benzene rings is 1. The molecule has 0 spiro atoms. The molecule has 1 aliphatic heterocycles. The lowest BCUT2D eigenvalue weighted by molar-refractivity contribution is -0.147. The van der Waals surface area contributed by atoms with Crippen LogP contribution in [0.3, 0.4) is 0 Å². The number of allylic oxidation sites excluding steroid dienone is 1. The fourth-order valence-corrected chi connectivity index (χ4v) is 2.41. The van der Waals surface area contributed by atoms with E-state index in [4.69, 9.17) is 9.84 Å². The van der Waals surface area contributed by atoms with Gasteiger partial charge < -0.3 is 14.7 Å². The molecule has 1 N–H and O–H groups in total. The van der Waals surface area contributed by atoms with E-state index in [0.717, 1.165) is 5.56 Å². The van der Waals surface area contributed by atoms with E-state index in [1.807, 2.05) is 42.5 Å². The van der Waals surface area contributed by atoms with Crippen LogP contribution in [0, 0.1) is 0 Å². The summed E-state index contributed by atoms with van der Waals surface area (Å²) in [7, 11) is 0. The van der Waals surface area contributed by atoms with Crippen molar-refractivity contribution in [2.24, 2.45) is 0 Å². The number of morpholine rings is 1. The SMILES string of the molecule is O=C(O)CC1CN(C(=O)CCC=Cc2ccccc2)CCO1.